The zero-order valence-electron chi connectivity index (χ0n) is 11.6. The number of nitrogens with zero attached hydrogens (tertiary/aromatic N) is 1. The van der Waals surface area contributed by atoms with Gasteiger partial charge in [-0.3, -0.25) is 4.79 Å². The molecule has 0 aromatic heterocycles. The van der Waals surface area contributed by atoms with Crippen LogP contribution in [0.1, 0.15) is 24.8 Å². The molecule has 20 heavy (non-hydrogen) atoms. The van der Waals surface area contributed by atoms with Crippen LogP contribution in [0.15, 0.2) is 18.2 Å². The summed E-state index contributed by atoms with van der Waals surface area (Å²) in [5, 5.41) is 0.996. The third kappa shape index (κ3) is 3.46. The number of rotatable bonds is 4. The summed E-state index contributed by atoms with van der Waals surface area (Å²) < 4.78 is 0. The smallest absolute Gasteiger partial charge is 0.226 e. The van der Waals surface area contributed by atoms with Crippen molar-refractivity contribution >= 4 is 29.1 Å². The Bertz CT molecular complexity index is 493. The van der Waals surface area contributed by atoms with E-state index in [4.69, 9.17) is 28.9 Å². The maximum Gasteiger partial charge on any atom is 0.226 e. The van der Waals surface area contributed by atoms with Crippen molar-refractivity contribution in [3.63, 3.8) is 0 Å². The monoisotopic (exact) mass is 314 g/mol. The zero-order chi connectivity index (χ0) is 14.7. The molecule has 1 aliphatic carbocycles. The lowest BCUT2D eigenvalue weighted by Crippen LogP contribution is -2.42. The maximum absolute atomic E-state index is 12.4. The van der Waals surface area contributed by atoms with Crippen LogP contribution >= 0.6 is 23.2 Å². The van der Waals surface area contributed by atoms with E-state index in [-0.39, 0.29) is 11.9 Å². The first kappa shape index (κ1) is 15.6. The maximum atomic E-state index is 12.4. The van der Waals surface area contributed by atoms with Gasteiger partial charge in [-0.25, -0.2) is 0 Å². The van der Waals surface area contributed by atoms with Gasteiger partial charge in [-0.2, -0.15) is 0 Å². The molecule has 0 bridgehead atoms. The molecule has 2 N–H and O–H groups in total. The summed E-state index contributed by atoms with van der Waals surface area (Å²) >= 11 is 11.9. The predicted molar refractivity (Wildman–Crippen MR) is 83.1 cm³/mol. The average Bonchev–Trinajstić information content (AvgIpc) is 2.90. The highest BCUT2D eigenvalue weighted by molar-refractivity contribution is 6.42. The number of carbonyl (C=O) groups excluding carboxylic acids is 1. The van der Waals surface area contributed by atoms with Crippen molar-refractivity contribution in [3.05, 3.63) is 33.8 Å². The molecule has 1 aromatic rings. The zero-order valence-corrected chi connectivity index (χ0v) is 13.1. The van der Waals surface area contributed by atoms with Crippen LogP contribution in [0, 0.1) is 5.92 Å². The number of carbonyl (C=O) groups is 1. The highest BCUT2D eigenvalue weighted by atomic mass is 35.5. The molecule has 110 valence electrons. The summed E-state index contributed by atoms with van der Waals surface area (Å²) in [5.74, 6) is 0.534. The fraction of sp³-hybridized carbons (Fsp3) is 0.533. The summed E-state index contributed by atoms with van der Waals surface area (Å²) in [5.41, 5.74) is 6.67. The summed E-state index contributed by atoms with van der Waals surface area (Å²) in [6.45, 7) is 0.648. The fourth-order valence-electron chi connectivity index (χ4n) is 2.94. The number of hydrogen-bond donors (Lipinski definition) is 1. The molecule has 1 saturated carbocycles. The van der Waals surface area contributed by atoms with Crippen LogP contribution in [-0.4, -0.2) is 30.4 Å². The molecule has 5 heteroatoms. The Morgan fingerprint density at radius 3 is 2.75 bits per heavy atom. The van der Waals surface area contributed by atoms with Crippen molar-refractivity contribution < 1.29 is 4.79 Å². The van der Waals surface area contributed by atoms with Crippen molar-refractivity contribution in [1.82, 2.24) is 4.90 Å². The van der Waals surface area contributed by atoms with Gasteiger partial charge in [0.2, 0.25) is 5.91 Å². The van der Waals surface area contributed by atoms with Crippen molar-refractivity contribution in [2.75, 3.05) is 13.6 Å². The first-order chi connectivity index (χ1) is 9.52. The molecule has 1 aliphatic rings. The Balaban J connectivity index is 2.02. The molecule has 2 atom stereocenters. The average molecular weight is 315 g/mol. The minimum absolute atomic E-state index is 0.105. The molecule has 1 aromatic carbocycles. The van der Waals surface area contributed by atoms with Crippen LogP contribution in [0.5, 0.6) is 0 Å². The summed E-state index contributed by atoms with van der Waals surface area (Å²) in [7, 11) is 1.87. The SMILES string of the molecule is CN(C(=O)Cc1ccc(Cl)c(Cl)c1)C1CCCC1CN. The Labute approximate surface area is 130 Å². The second-order valence-electron chi connectivity index (χ2n) is 5.42. The summed E-state index contributed by atoms with van der Waals surface area (Å²) in [6, 6.07) is 5.60. The molecule has 0 spiro atoms. The van der Waals surface area contributed by atoms with Gasteiger partial charge in [-0.1, -0.05) is 35.7 Å². The van der Waals surface area contributed by atoms with Gasteiger partial charge in [0, 0.05) is 13.1 Å². The van der Waals surface area contributed by atoms with Crippen molar-refractivity contribution in [2.45, 2.75) is 31.7 Å². The van der Waals surface area contributed by atoms with E-state index >= 15 is 0 Å². The molecule has 2 rings (SSSR count). The van der Waals surface area contributed by atoms with Crippen molar-refractivity contribution in [3.8, 4) is 0 Å². The highest BCUT2D eigenvalue weighted by Gasteiger charge is 2.31. The number of amides is 1. The van der Waals surface area contributed by atoms with Crippen LogP contribution in [0.2, 0.25) is 10.0 Å². The van der Waals surface area contributed by atoms with E-state index in [1.54, 1.807) is 12.1 Å². The third-order valence-electron chi connectivity index (χ3n) is 4.15. The summed E-state index contributed by atoms with van der Waals surface area (Å²) in [6.07, 6.45) is 3.66. The molecular formula is C15H20Cl2N2O. The van der Waals surface area contributed by atoms with Gasteiger partial charge >= 0.3 is 0 Å². The lowest BCUT2D eigenvalue weighted by Gasteiger charge is -2.29. The first-order valence-electron chi connectivity index (χ1n) is 6.92. The van der Waals surface area contributed by atoms with E-state index in [2.05, 4.69) is 0 Å². The second kappa shape index (κ2) is 6.79. The molecule has 0 radical (unpaired) electrons. The molecule has 3 nitrogen and oxygen atoms in total. The summed E-state index contributed by atoms with van der Waals surface area (Å²) in [4.78, 5) is 14.2. The molecule has 0 saturated heterocycles. The second-order valence-corrected chi connectivity index (χ2v) is 6.24. The van der Waals surface area contributed by atoms with E-state index < -0.39 is 0 Å². The van der Waals surface area contributed by atoms with Gasteiger partial charge in [-0.15, -0.1) is 0 Å². The predicted octanol–water partition coefficient (Wildman–Crippen LogP) is 3.12. The van der Waals surface area contributed by atoms with Crippen molar-refractivity contribution in [1.29, 1.82) is 0 Å². The normalized spacial score (nSPS) is 22.0. The minimum atomic E-state index is 0.105. The topological polar surface area (TPSA) is 46.3 Å². The largest absolute Gasteiger partial charge is 0.342 e. The van der Waals surface area contributed by atoms with Crippen LogP contribution in [0.4, 0.5) is 0 Å². The number of halogens is 2. The van der Waals surface area contributed by atoms with Crippen LogP contribution < -0.4 is 5.73 Å². The van der Waals surface area contributed by atoms with Gasteiger partial charge in [-0.05, 0) is 43.0 Å². The third-order valence-corrected chi connectivity index (χ3v) is 4.89. The van der Waals surface area contributed by atoms with Crippen LogP contribution in [0.25, 0.3) is 0 Å². The van der Waals surface area contributed by atoms with E-state index in [1.807, 2.05) is 18.0 Å². The molecule has 1 amide bonds. The van der Waals surface area contributed by atoms with Gasteiger partial charge in [0.05, 0.1) is 16.5 Å². The van der Waals surface area contributed by atoms with Gasteiger partial charge in [0.15, 0.2) is 0 Å². The lowest BCUT2D eigenvalue weighted by atomic mass is 10.0. The Morgan fingerprint density at radius 2 is 2.10 bits per heavy atom. The molecule has 1 fully saturated rings. The van der Waals surface area contributed by atoms with Gasteiger partial charge < -0.3 is 10.6 Å². The number of nitrogens with two attached hydrogens (primary N) is 1. The van der Waals surface area contributed by atoms with Crippen molar-refractivity contribution in [2.24, 2.45) is 11.7 Å². The van der Waals surface area contributed by atoms with Gasteiger partial charge in [0.25, 0.3) is 0 Å². The first-order valence-corrected chi connectivity index (χ1v) is 7.68. The van der Waals surface area contributed by atoms with E-state index in [0.29, 0.717) is 28.9 Å². The standard InChI is InChI=1S/C15H20Cl2N2O/c1-19(14-4-2-3-11(14)9-18)15(20)8-10-5-6-12(16)13(17)7-10/h5-7,11,14H,2-4,8-9,18H2,1H3. The quantitative estimate of drug-likeness (QED) is 0.928. The Morgan fingerprint density at radius 1 is 1.35 bits per heavy atom. The highest BCUT2D eigenvalue weighted by Crippen LogP contribution is 2.29. The Kier molecular flexibility index (Phi) is 5.30. The van der Waals surface area contributed by atoms with Crippen LogP contribution in [-0.2, 0) is 11.2 Å². The van der Waals surface area contributed by atoms with E-state index in [9.17, 15) is 4.79 Å². The molecule has 0 heterocycles. The van der Waals surface area contributed by atoms with E-state index in [1.165, 1.54) is 0 Å². The molecule has 2 unspecified atom stereocenters. The lowest BCUT2D eigenvalue weighted by molar-refractivity contribution is -0.131. The molecule has 0 aliphatic heterocycles. The number of likely N-dealkylation sites (N-methyl/N-ethyl adjacent to an activating group) is 1. The fourth-order valence-corrected chi connectivity index (χ4v) is 3.26. The van der Waals surface area contributed by atoms with Gasteiger partial charge in [0.1, 0.15) is 0 Å². The Hall–Kier alpha value is -0.770. The van der Waals surface area contributed by atoms with Crippen LogP contribution in [0.3, 0.4) is 0 Å². The minimum Gasteiger partial charge on any atom is -0.342 e. The molecular weight excluding hydrogens is 295 g/mol. The van der Waals surface area contributed by atoms with E-state index in [0.717, 1.165) is 24.8 Å². The number of hydrogen-bond acceptors (Lipinski definition) is 2. The number of benzene rings is 1.